The van der Waals surface area contributed by atoms with E-state index in [2.05, 4.69) is 313 Å². The number of hydrogen-bond acceptors (Lipinski definition) is 6. The molecular formula is C111H102N8O6P2Zn6+2. The van der Waals surface area contributed by atoms with Crippen LogP contribution in [0.4, 0.5) is 0 Å². The molecule has 8 aliphatic rings. The van der Waals surface area contributed by atoms with Crippen molar-refractivity contribution in [3.63, 3.8) is 0 Å². The summed E-state index contributed by atoms with van der Waals surface area (Å²) in [7, 11) is -7.99. The topological polar surface area (TPSA) is 163 Å². The maximum atomic E-state index is 13.9. The third-order valence-electron chi connectivity index (χ3n) is 26.5. The van der Waals surface area contributed by atoms with Crippen molar-refractivity contribution in [3.8, 4) is 44.5 Å². The molecule has 0 radical (unpaired) electrons. The van der Waals surface area contributed by atoms with Gasteiger partial charge in [-0.25, -0.2) is 9.97 Å². The number of hydrogen-bond donors (Lipinski definition) is 2. The maximum absolute atomic E-state index is 13.9. The van der Waals surface area contributed by atoms with Crippen molar-refractivity contribution in [2.45, 2.75) is 144 Å². The molecule has 1 spiro atoms. The summed E-state index contributed by atoms with van der Waals surface area (Å²) in [6.07, 6.45) is 17.7. The van der Waals surface area contributed by atoms with Gasteiger partial charge in [-0.1, -0.05) is 164 Å². The molecule has 133 heavy (non-hydrogen) atoms. The van der Waals surface area contributed by atoms with E-state index < -0.39 is 21.1 Å². The molecule has 0 saturated carbocycles. The maximum Gasteiger partial charge on any atom is 2.00 e. The first-order chi connectivity index (χ1) is 60.8. The second-order valence-corrected chi connectivity index (χ2v) is 39.5. The molecule has 642 valence electrons. The van der Waals surface area contributed by atoms with Gasteiger partial charge in [0.05, 0.1) is 91.0 Å². The number of aromatic nitrogens is 6. The fraction of sp³-hybridized carbons (Fsp3) is 0.207. The van der Waals surface area contributed by atoms with E-state index in [1.165, 1.54) is 111 Å². The fourth-order valence-electron chi connectivity index (χ4n) is 22.5. The van der Waals surface area contributed by atoms with Gasteiger partial charge in [0.25, 0.3) is 0 Å². The van der Waals surface area contributed by atoms with Crippen molar-refractivity contribution in [2.75, 3.05) is 13.2 Å². The van der Waals surface area contributed by atoms with Crippen LogP contribution in [0.25, 0.3) is 113 Å². The molecular weight excluding hydrogens is 2000 g/mol. The zero-order valence-electron chi connectivity index (χ0n) is 79.9. The van der Waals surface area contributed by atoms with E-state index in [9.17, 15) is 18.9 Å². The van der Waals surface area contributed by atoms with E-state index in [-0.39, 0.29) is 135 Å². The van der Waals surface area contributed by atoms with Gasteiger partial charge in [0.1, 0.15) is 0 Å². The number of fused-ring (bicyclic) bond motifs is 8. The molecule has 5 aromatic heterocycles. The first kappa shape index (κ1) is 100.0. The average molecular weight is 2100 g/mol. The molecule has 0 amide bonds. The molecule has 8 bridgehead atoms. The largest absolute Gasteiger partial charge is 2.00 e. The molecule has 0 saturated heterocycles. The van der Waals surface area contributed by atoms with Crippen LogP contribution in [0.1, 0.15) is 170 Å². The summed E-state index contributed by atoms with van der Waals surface area (Å²) in [5.74, 6) is -0.942. The minimum absolute atomic E-state index is 0. The summed E-state index contributed by atoms with van der Waals surface area (Å²) in [5.41, 5.74) is 52.1. The van der Waals surface area contributed by atoms with Crippen molar-refractivity contribution < 1.29 is 154 Å². The van der Waals surface area contributed by atoms with Crippen LogP contribution in [-0.4, -0.2) is 62.7 Å². The molecule has 21 rings (SSSR count). The van der Waals surface area contributed by atoms with Gasteiger partial charge in [0.2, 0.25) is 22.8 Å². The van der Waals surface area contributed by atoms with E-state index in [1.807, 2.05) is 50.2 Å². The predicted octanol–water partition coefficient (Wildman–Crippen LogP) is 22.2. The number of rotatable bonds is 14. The van der Waals surface area contributed by atoms with Gasteiger partial charge in [0.15, 0.2) is 0 Å². The Labute approximate surface area is 855 Å². The normalized spacial score (nSPS) is 14.9. The molecule has 13 aromatic rings. The minimum atomic E-state index is -4.46. The molecule has 13 heterocycles. The van der Waals surface area contributed by atoms with Crippen molar-refractivity contribution in [3.05, 3.63) is 373 Å². The van der Waals surface area contributed by atoms with Gasteiger partial charge in [-0.2, -0.15) is 9.13 Å². The fourth-order valence-corrected chi connectivity index (χ4v) is 24.7. The quantitative estimate of drug-likeness (QED) is 0.0609. The van der Waals surface area contributed by atoms with Crippen LogP contribution in [-0.2, 0) is 141 Å². The number of aryl methyl sites for hydroxylation is 18. The second-order valence-electron chi connectivity index (χ2n) is 35.8. The smallest absolute Gasteiger partial charge is 0.657 e. The van der Waals surface area contributed by atoms with Crippen LogP contribution >= 0.6 is 15.2 Å². The predicted molar refractivity (Wildman–Crippen MR) is 519 cm³/mol. The van der Waals surface area contributed by atoms with Gasteiger partial charge in [0, 0.05) is 122 Å². The van der Waals surface area contributed by atoms with E-state index >= 15 is 0 Å². The summed E-state index contributed by atoms with van der Waals surface area (Å²) in [5, 5.41) is 2.65. The van der Waals surface area contributed by atoms with Gasteiger partial charge in [-0.3, -0.25) is 9.13 Å². The zero-order chi connectivity index (χ0) is 88.9. The Morgan fingerprint density at radius 1 is 0.323 bits per heavy atom. The monoisotopic (exact) mass is 2090 g/mol. The van der Waals surface area contributed by atoms with E-state index in [1.54, 1.807) is 12.1 Å². The van der Waals surface area contributed by atoms with Crippen molar-refractivity contribution in [1.29, 1.82) is 0 Å². The standard InChI is InChI=1S/C57H55N4O3P.C54H45N4O3P.6Zn/c1-12-63-65(62,64-13-2)42-16-14-41(15-17-42)54-43-18-20-45(58-43)55(51-35(6)26-32(3)27-36(51)7)47-22-24-49(60-47)57(53-39(10)30-34(5)31-40(53)11)50-25-23-48(61-50)56(46-21-19-44(54)59-46)52-37(8)28-33(4)29-38(52)9;1-28-22-31(4)47(32(5)23-28)51-41-16-14-39-50(37-10-12-38(13-11-37)62(59,60)61)40-15-17-42-52(48-33(6)24-29(2)25-34(48)7)44-19-21-46-53(49-35(8)26-30(3)27-36(49)9)45-20-18-43(51)57(45)54(55(39)41,56(40)42)58(44)46;;;;;;/h14-31H,12-13H2,1-11H3;10-27H,1-9H3;;;;;;/q-2;;;;;;;+2/p+2. The van der Waals surface area contributed by atoms with Crippen molar-refractivity contribution in [2.24, 2.45) is 0 Å². The number of benzene rings is 8. The Kier molecular flexibility index (Phi) is 28.2. The van der Waals surface area contributed by atoms with Crippen LogP contribution in [0.15, 0.2) is 206 Å². The van der Waals surface area contributed by atoms with Crippen LogP contribution in [0, 0.1) is 125 Å². The summed E-state index contributed by atoms with van der Waals surface area (Å²) in [6.45, 7) is 43.6. The number of nitrogens with zero attached hydrogens (tertiary/aromatic N) is 8. The van der Waals surface area contributed by atoms with Gasteiger partial charge < -0.3 is 28.8 Å². The van der Waals surface area contributed by atoms with Gasteiger partial charge in [-0.15, -0.1) is 22.1 Å². The Morgan fingerprint density at radius 3 is 0.940 bits per heavy atom. The average Bonchev–Trinajstić information content (AvgIpc) is 1.48. The first-order valence-corrected chi connectivity index (χ1v) is 47.1. The molecule has 2 N–H and O–H groups in total. The molecule has 1 atom stereocenters. The number of allylic oxidation sites excluding steroid dienone is 4. The van der Waals surface area contributed by atoms with Gasteiger partial charge >= 0.3 is 40.6 Å². The van der Waals surface area contributed by atoms with E-state index in [0.717, 1.165) is 168 Å². The Bertz CT molecular complexity index is 7700. The van der Waals surface area contributed by atoms with E-state index in [0.29, 0.717) is 5.30 Å². The first-order valence-electron chi connectivity index (χ1n) is 43.9. The molecule has 1 unspecified atom stereocenters. The van der Waals surface area contributed by atoms with E-state index in [4.69, 9.17) is 29.0 Å². The van der Waals surface area contributed by atoms with Crippen LogP contribution < -0.4 is 31.3 Å². The minimum Gasteiger partial charge on any atom is -0.657 e. The van der Waals surface area contributed by atoms with Gasteiger partial charge in [-0.05, 0) is 345 Å². The SMILES string of the molecule is CCOP(=O)(OCC)c1ccc(-c2c3nc(c(-c4c(C)cc(C)cc4C)c4ccc([n-]4)c(-c4c(C)cc(C)cc4C)c4nc(c(-c5c(C)cc(C)cc5C)c5ccc2[n-]5)C=C4)C=C3)cc1.Cc1cc(C)c(C2=C3C=CC4=[N+]3C35n6c2ccc6C(c2c(C)cc(C)cc2C)=C2C=CC(=[N+]23)C(c2c(C)cc(C)cc2C)=c2ccc(n25)=C4c2ccc(P(=O)(O)O)cc2)c(C)c1.[Zn+2].[Zn].[Zn].[Zn].[Zn].[Zn]. The Morgan fingerprint density at radius 2 is 0.609 bits per heavy atom. The van der Waals surface area contributed by atoms with Crippen LogP contribution in [0.2, 0.25) is 0 Å². The summed E-state index contributed by atoms with van der Waals surface area (Å²) < 4.78 is 48.3. The molecule has 8 aliphatic heterocycles. The molecule has 0 aliphatic carbocycles. The van der Waals surface area contributed by atoms with Crippen LogP contribution in [0.3, 0.4) is 0 Å². The Balaban J connectivity index is 0.000000205. The third-order valence-corrected chi connectivity index (χ3v) is 29.6. The van der Waals surface area contributed by atoms with Crippen molar-refractivity contribution in [1.82, 2.24) is 29.1 Å². The van der Waals surface area contributed by atoms with Crippen LogP contribution in [0.5, 0.6) is 0 Å². The summed E-state index contributed by atoms with van der Waals surface area (Å²) >= 11 is 0. The molecule has 14 nitrogen and oxygen atoms in total. The summed E-state index contributed by atoms with van der Waals surface area (Å²) in [6, 6.07) is 59.5. The molecule has 22 heteroatoms. The second kappa shape index (κ2) is 37.5. The molecule has 8 aromatic carbocycles. The summed E-state index contributed by atoms with van der Waals surface area (Å²) in [4.78, 5) is 42.5. The third kappa shape index (κ3) is 16.0. The van der Waals surface area contributed by atoms with Crippen molar-refractivity contribution >= 4 is 106 Å². The molecule has 0 fully saturated rings. The zero-order valence-corrected chi connectivity index (χ0v) is 99.5. The Hall–Kier alpha value is -9.00.